The number of carbonyl (C=O) groups is 2. The van der Waals surface area contributed by atoms with Crippen LogP contribution < -0.4 is 0 Å². The summed E-state index contributed by atoms with van der Waals surface area (Å²) in [6.45, 7) is 3.18. The average Bonchev–Trinajstić information content (AvgIpc) is 2.44. The van der Waals surface area contributed by atoms with Crippen LogP contribution in [0.15, 0.2) is 0 Å². The summed E-state index contributed by atoms with van der Waals surface area (Å²) in [5, 5.41) is 8.88. The second-order valence-corrected chi connectivity index (χ2v) is 5.78. The van der Waals surface area contributed by atoms with E-state index in [0.717, 1.165) is 0 Å². The van der Waals surface area contributed by atoms with Crippen molar-refractivity contribution in [3.63, 3.8) is 0 Å². The molecule has 1 amide bonds. The number of piperidine rings is 1. The molecule has 1 saturated heterocycles. The highest BCUT2D eigenvalue weighted by Gasteiger charge is 2.42. The highest BCUT2D eigenvalue weighted by molar-refractivity contribution is 5.79. The molecule has 22 heavy (non-hydrogen) atoms. The highest BCUT2D eigenvalue weighted by Crippen LogP contribution is 2.33. The van der Waals surface area contributed by atoms with Gasteiger partial charge in [-0.05, 0) is 26.2 Å². The number of alkyl halides is 3. The molecule has 0 bridgehead atoms. The molecule has 0 aromatic rings. The summed E-state index contributed by atoms with van der Waals surface area (Å²) in [7, 11) is 0. The van der Waals surface area contributed by atoms with Gasteiger partial charge in [0.1, 0.15) is 0 Å². The zero-order valence-electron chi connectivity index (χ0n) is 12.9. The van der Waals surface area contributed by atoms with E-state index in [4.69, 9.17) is 5.11 Å². The Balaban J connectivity index is 2.67. The van der Waals surface area contributed by atoms with Crippen molar-refractivity contribution in [2.45, 2.75) is 45.3 Å². The second kappa shape index (κ2) is 7.80. The monoisotopic (exact) mass is 324 g/mol. The number of amides is 1. The zero-order chi connectivity index (χ0) is 16.9. The van der Waals surface area contributed by atoms with Crippen LogP contribution >= 0.6 is 0 Å². The van der Waals surface area contributed by atoms with Crippen LogP contribution in [0.1, 0.15) is 33.1 Å². The average molecular weight is 324 g/mol. The lowest BCUT2D eigenvalue weighted by Gasteiger charge is -2.35. The van der Waals surface area contributed by atoms with Gasteiger partial charge in [-0.3, -0.25) is 14.5 Å². The number of likely N-dealkylation sites (tertiary alicyclic amines) is 1. The minimum absolute atomic E-state index is 0.0392. The van der Waals surface area contributed by atoms with E-state index in [9.17, 15) is 22.8 Å². The molecule has 1 aliphatic heterocycles. The van der Waals surface area contributed by atoms with Crippen LogP contribution in [0.2, 0.25) is 0 Å². The molecule has 5 nitrogen and oxygen atoms in total. The van der Waals surface area contributed by atoms with Crippen molar-refractivity contribution in [3.8, 4) is 0 Å². The molecule has 1 aliphatic rings. The van der Waals surface area contributed by atoms with E-state index >= 15 is 0 Å². The van der Waals surface area contributed by atoms with Crippen molar-refractivity contribution in [1.82, 2.24) is 9.80 Å². The van der Waals surface area contributed by atoms with E-state index in [1.807, 2.05) is 6.92 Å². The fraction of sp³-hybridized carbons (Fsp3) is 0.857. The first-order valence-electron chi connectivity index (χ1n) is 7.45. The first-order chi connectivity index (χ1) is 10.1. The van der Waals surface area contributed by atoms with Gasteiger partial charge in [-0.1, -0.05) is 6.92 Å². The van der Waals surface area contributed by atoms with Crippen molar-refractivity contribution in [3.05, 3.63) is 0 Å². The Bertz CT molecular complexity index is 401. The van der Waals surface area contributed by atoms with Crippen LogP contribution in [0, 0.1) is 5.92 Å². The van der Waals surface area contributed by atoms with Crippen LogP contribution in [0.5, 0.6) is 0 Å². The van der Waals surface area contributed by atoms with Crippen LogP contribution in [0.25, 0.3) is 0 Å². The third kappa shape index (κ3) is 5.47. The number of carboxylic acid groups (broad SMARTS) is 1. The minimum atomic E-state index is -4.30. The first kappa shape index (κ1) is 18.7. The fourth-order valence-electron chi connectivity index (χ4n) is 2.54. The van der Waals surface area contributed by atoms with Gasteiger partial charge in [0.25, 0.3) is 0 Å². The molecule has 0 unspecified atom stereocenters. The Hall–Kier alpha value is -1.31. The van der Waals surface area contributed by atoms with Crippen molar-refractivity contribution >= 4 is 11.9 Å². The van der Waals surface area contributed by atoms with Crippen molar-refractivity contribution in [1.29, 1.82) is 0 Å². The maximum atomic E-state index is 12.8. The van der Waals surface area contributed by atoms with Gasteiger partial charge in [0.05, 0.1) is 19.0 Å². The van der Waals surface area contributed by atoms with Gasteiger partial charge in [0.2, 0.25) is 5.91 Å². The van der Waals surface area contributed by atoms with Gasteiger partial charge in [0, 0.05) is 19.1 Å². The lowest BCUT2D eigenvalue weighted by molar-refractivity contribution is -0.188. The molecule has 1 rings (SSSR count). The lowest BCUT2D eigenvalue weighted by Crippen LogP contribution is -2.50. The van der Waals surface area contributed by atoms with Gasteiger partial charge in [-0.15, -0.1) is 0 Å². The van der Waals surface area contributed by atoms with Gasteiger partial charge in [-0.25, -0.2) is 0 Å². The maximum absolute atomic E-state index is 12.8. The Labute approximate surface area is 128 Å². The predicted molar refractivity (Wildman–Crippen MR) is 74.3 cm³/mol. The van der Waals surface area contributed by atoms with E-state index in [2.05, 4.69) is 0 Å². The molecule has 1 heterocycles. The Kier molecular flexibility index (Phi) is 6.65. The normalized spacial score (nSPS) is 21.0. The molecule has 0 aromatic carbocycles. The van der Waals surface area contributed by atoms with Crippen LogP contribution in [0.3, 0.4) is 0 Å². The maximum Gasteiger partial charge on any atom is 0.393 e. The van der Waals surface area contributed by atoms with Gasteiger partial charge in [0.15, 0.2) is 0 Å². The van der Waals surface area contributed by atoms with Crippen molar-refractivity contribution in [2.24, 2.45) is 5.92 Å². The number of carbonyl (C=O) groups excluding carboxylic acids is 1. The van der Waals surface area contributed by atoms with Gasteiger partial charge in [-0.2, -0.15) is 13.2 Å². The van der Waals surface area contributed by atoms with Crippen molar-refractivity contribution in [2.75, 3.05) is 26.2 Å². The molecule has 0 saturated carbocycles. The molecule has 1 fully saturated rings. The standard InChI is InChI=1S/C14H23F3N2O3/c1-3-10(2)19(9-13(21)22)8-12(20)18-6-4-5-11(7-18)14(15,16)17/h10-11H,3-9H2,1-2H3,(H,21,22)/t10-,11+/m0/s1. The number of carboxylic acids is 1. The van der Waals surface area contributed by atoms with Crippen LogP contribution in [-0.4, -0.2) is 65.2 Å². The summed E-state index contributed by atoms with van der Waals surface area (Å²) >= 11 is 0. The largest absolute Gasteiger partial charge is 0.480 e. The summed E-state index contributed by atoms with van der Waals surface area (Å²) < 4.78 is 38.3. The number of aliphatic carboxylic acids is 1. The number of halogens is 3. The molecule has 128 valence electrons. The molecule has 0 spiro atoms. The van der Waals surface area contributed by atoms with Crippen LogP contribution in [-0.2, 0) is 9.59 Å². The zero-order valence-corrected chi connectivity index (χ0v) is 12.9. The highest BCUT2D eigenvalue weighted by atomic mass is 19.4. The topological polar surface area (TPSA) is 60.9 Å². The van der Waals surface area contributed by atoms with Crippen LogP contribution in [0.4, 0.5) is 13.2 Å². The Morgan fingerprint density at radius 2 is 2.00 bits per heavy atom. The summed E-state index contributed by atoms with van der Waals surface area (Å²) in [6, 6.07) is -0.122. The number of nitrogens with zero attached hydrogens (tertiary/aromatic N) is 2. The van der Waals surface area contributed by atoms with Gasteiger partial charge >= 0.3 is 12.1 Å². The molecule has 8 heteroatoms. The number of rotatable bonds is 6. The molecular weight excluding hydrogens is 301 g/mol. The van der Waals surface area contributed by atoms with Crippen molar-refractivity contribution < 1.29 is 27.9 Å². The number of hydrogen-bond donors (Lipinski definition) is 1. The molecule has 0 aliphatic carbocycles. The quantitative estimate of drug-likeness (QED) is 0.811. The molecule has 0 radical (unpaired) electrons. The summed E-state index contributed by atoms with van der Waals surface area (Å²) in [4.78, 5) is 25.8. The fourth-order valence-corrected chi connectivity index (χ4v) is 2.54. The molecule has 0 aromatic heterocycles. The smallest absolute Gasteiger partial charge is 0.393 e. The molecule has 1 N–H and O–H groups in total. The summed E-state index contributed by atoms with van der Waals surface area (Å²) in [5.74, 6) is -2.97. The van der Waals surface area contributed by atoms with E-state index in [1.54, 1.807) is 6.92 Å². The summed E-state index contributed by atoms with van der Waals surface area (Å²) in [5.41, 5.74) is 0. The number of hydrogen-bond acceptors (Lipinski definition) is 3. The first-order valence-corrected chi connectivity index (χ1v) is 7.45. The minimum Gasteiger partial charge on any atom is -0.480 e. The lowest BCUT2D eigenvalue weighted by atomic mass is 9.97. The van der Waals surface area contributed by atoms with E-state index < -0.39 is 24.0 Å². The predicted octanol–water partition coefficient (Wildman–Crippen LogP) is 1.97. The SMILES string of the molecule is CC[C@H](C)N(CC(=O)O)CC(=O)N1CCC[C@@H](C(F)(F)F)C1. The Morgan fingerprint density at radius 3 is 2.50 bits per heavy atom. The Morgan fingerprint density at radius 1 is 1.36 bits per heavy atom. The van der Waals surface area contributed by atoms with E-state index in [1.165, 1.54) is 9.80 Å². The third-order valence-electron chi connectivity index (χ3n) is 4.13. The van der Waals surface area contributed by atoms with Gasteiger partial charge < -0.3 is 10.0 Å². The molecular formula is C14H23F3N2O3. The van der Waals surface area contributed by atoms with E-state index in [-0.39, 0.29) is 32.1 Å². The third-order valence-corrected chi connectivity index (χ3v) is 4.13. The van der Waals surface area contributed by atoms with E-state index in [0.29, 0.717) is 19.4 Å². The second-order valence-electron chi connectivity index (χ2n) is 5.78. The summed E-state index contributed by atoms with van der Waals surface area (Å²) in [6.07, 6.45) is -3.28. The molecule has 2 atom stereocenters.